The summed E-state index contributed by atoms with van der Waals surface area (Å²) in [5, 5.41) is 2.85. The van der Waals surface area contributed by atoms with Crippen LogP contribution in [0.5, 0.6) is 5.75 Å². The molecule has 0 aromatic heterocycles. The summed E-state index contributed by atoms with van der Waals surface area (Å²) >= 11 is 0. The lowest BCUT2D eigenvalue weighted by Crippen LogP contribution is -2.37. The minimum Gasteiger partial charge on any atom is -0.495 e. The topological polar surface area (TPSA) is 58.6 Å². The van der Waals surface area contributed by atoms with Crippen LogP contribution >= 0.6 is 0 Å². The number of amides is 2. The van der Waals surface area contributed by atoms with Crippen molar-refractivity contribution in [1.29, 1.82) is 0 Å². The standard InChI is InChI=1S/C17H26N2O3/c1-5-6-7-17(21)18-10-11-19(14(3)20)15-12-13(2)8-9-16(15)22-4/h8-9,12H,5-7,10-11H2,1-4H3,(H,18,21). The number of rotatable bonds is 8. The molecule has 0 aliphatic heterocycles. The van der Waals surface area contributed by atoms with Crippen LogP contribution in [-0.2, 0) is 9.59 Å². The second-order valence-corrected chi connectivity index (χ2v) is 5.30. The van der Waals surface area contributed by atoms with Crippen LogP contribution in [0.1, 0.15) is 38.7 Å². The van der Waals surface area contributed by atoms with Crippen molar-refractivity contribution in [3.05, 3.63) is 23.8 Å². The summed E-state index contributed by atoms with van der Waals surface area (Å²) in [7, 11) is 1.58. The Labute approximate surface area is 132 Å². The average Bonchev–Trinajstić information content (AvgIpc) is 2.49. The highest BCUT2D eigenvalue weighted by Gasteiger charge is 2.16. The smallest absolute Gasteiger partial charge is 0.224 e. The fourth-order valence-corrected chi connectivity index (χ4v) is 2.19. The highest BCUT2D eigenvalue weighted by molar-refractivity contribution is 5.93. The maximum absolute atomic E-state index is 11.9. The van der Waals surface area contributed by atoms with Gasteiger partial charge in [0.15, 0.2) is 0 Å². The van der Waals surface area contributed by atoms with Crippen LogP contribution < -0.4 is 15.0 Å². The van der Waals surface area contributed by atoms with Crippen molar-refractivity contribution >= 4 is 17.5 Å². The highest BCUT2D eigenvalue weighted by Crippen LogP contribution is 2.29. The molecule has 0 unspecified atom stereocenters. The molecule has 0 heterocycles. The summed E-state index contributed by atoms with van der Waals surface area (Å²) in [5.41, 5.74) is 1.78. The number of methoxy groups -OCH3 is 1. The molecule has 2 amide bonds. The minimum absolute atomic E-state index is 0.0292. The molecule has 0 bridgehead atoms. The van der Waals surface area contributed by atoms with E-state index < -0.39 is 0 Å². The number of anilines is 1. The third kappa shape index (κ3) is 5.39. The van der Waals surface area contributed by atoms with Crippen molar-refractivity contribution in [1.82, 2.24) is 5.32 Å². The van der Waals surface area contributed by atoms with Gasteiger partial charge in [-0.3, -0.25) is 9.59 Å². The number of hydrogen-bond donors (Lipinski definition) is 1. The summed E-state index contributed by atoms with van der Waals surface area (Å²) in [6, 6.07) is 5.70. The molecule has 0 fully saturated rings. The van der Waals surface area contributed by atoms with Gasteiger partial charge in [-0.05, 0) is 31.0 Å². The first kappa shape index (κ1) is 18.0. The Morgan fingerprint density at radius 3 is 2.64 bits per heavy atom. The van der Waals surface area contributed by atoms with E-state index in [1.165, 1.54) is 6.92 Å². The van der Waals surface area contributed by atoms with E-state index in [1.807, 2.05) is 25.1 Å². The summed E-state index contributed by atoms with van der Waals surface area (Å²) in [6.07, 6.45) is 2.41. The zero-order valence-corrected chi connectivity index (χ0v) is 13.9. The van der Waals surface area contributed by atoms with Gasteiger partial charge in [0.2, 0.25) is 11.8 Å². The second kappa shape index (κ2) is 9.07. The van der Waals surface area contributed by atoms with Crippen LogP contribution in [0.25, 0.3) is 0 Å². The number of nitrogens with zero attached hydrogens (tertiary/aromatic N) is 1. The molecule has 0 aliphatic carbocycles. The van der Waals surface area contributed by atoms with E-state index in [4.69, 9.17) is 4.74 Å². The summed E-state index contributed by atoms with van der Waals surface area (Å²) in [4.78, 5) is 25.2. The predicted molar refractivity (Wildman–Crippen MR) is 88.3 cm³/mol. The van der Waals surface area contributed by atoms with Crippen LogP contribution in [-0.4, -0.2) is 32.0 Å². The van der Waals surface area contributed by atoms with Gasteiger partial charge in [-0.1, -0.05) is 19.4 Å². The first-order chi connectivity index (χ1) is 10.5. The van der Waals surface area contributed by atoms with E-state index in [9.17, 15) is 9.59 Å². The number of nitrogens with one attached hydrogen (secondary N) is 1. The first-order valence-corrected chi connectivity index (χ1v) is 7.69. The van der Waals surface area contributed by atoms with Gasteiger partial charge in [0.25, 0.3) is 0 Å². The van der Waals surface area contributed by atoms with E-state index in [1.54, 1.807) is 12.0 Å². The Hall–Kier alpha value is -2.04. The van der Waals surface area contributed by atoms with Gasteiger partial charge in [-0.15, -0.1) is 0 Å². The van der Waals surface area contributed by atoms with Crippen LogP contribution in [0.15, 0.2) is 18.2 Å². The Morgan fingerprint density at radius 1 is 1.32 bits per heavy atom. The van der Waals surface area contributed by atoms with Gasteiger partial charge >= 0.3 is 0 Å². The summed E-state index contributed by atoms with van der Waals surface area (Å²) in [5.74, 6) is 0.603. The first-order valence-electron chi connectivity index (χ1n) is 7.69. The molecule has 0 saturated carbocycles. The van der Waals surface area contributed by atoms with Crippen LogP contribution in [0.2, 0.25) is 0 Å². The van der Waals surface area contributed by atoms with Crippen LogP contribution in [0.4, 0.5) is 5.69 Å². The van der Waals surface area contributed by atoms with Gasteiger partial charge in [0.05, 0.1) is 12.8 Å². The van der Waals surface area contributed by atoms with Gasteiger partial charge < -0.3 is 15.0 Å². The Kier molecular flexibility index (Phi) is 7.43. The van der Waals surface area contributed by atoms with E-state index >= 15 is 0 Å². The van der Waals surface area contributed by atoms with E-state index in [0.29, 0.717) is 25.3 Å². The number of aryl methyl sites for hydroxylation is 1. The summed E-state index contributed by atoms with van der Waals surface area (Å²) < 4.78 is 5.33. The van der Waals surface area contributed by atoms with Crippen molar-refractivity contribution in [2.24, 2.45) is 0 Å². The molecule has 1 N–H and O–H groups in total. The number of carbonyl (C=O) groups is 2. The lowest BCUT2D eigenvalue weighted by molar-refractivity contribution is -0.121. The number of ether oxygens (including phenoxy) is 1. The van der Waals surface area contributed by atoms with Gasteiger partial charge in [-0.2, -0.15) is 0 Å². The SMILES string of the molecule is CCCCC(=O)NCCN(C(C)=O)c1cc(C)ccc1OC. The largest absolute Gasteiger partial charge is 0.495 e. The van der Waals surface area contributed by atoms with Crippen LogP contribution in [0.3, 0.4) is 0 Å². The number of unbranched alkanes of at least 4 members (excludes halogenated alkanes) is 1. The second-order valence-electron chi connectivity index (χ2n) is 5.30. The number of hydrogen-bond acceptors (Lipinski definition) is 3. The third-order valence-corrected chi connectivity index (χ3v) is 3.42. The number of benzene rings is 1. The Balaban J connectivity index is 2.72. The summed E-state index contributed by atoms with van der Waals surface area (Å²) in [6.45, 7) is 6.38. The maximum Gasteiger partial charge on any atom is 0.224 e. The molecule has 0 radical (unpaired) electrons. The highest BCUT2D eigenvalue weighted by atomic mass is 16.5. The van der Waals surface area contributed by atoms with E-state index in [-0.39, 0.29) is 11.8 Å². The molecule has 122 valence electrons. The van der Waals surface area contributed by atoms with Crippen LogP contribution in [0, 0.1) is 6.92 Å². The molecule has 1 aromatic carbocycles. The molecular weight excluding hydrogens is 280 g/mol. The quantitative estimate of drug-likeness (QED) is 0.803. The van der Waals surface area contributed by atoms with Gasteiger partial charge in [-0.25, -0.2) is 0 Å². The van der Waals surface area contributed by atoms with Crippen molar-refractivity contribution in [2.45, 2.75) is 40.0 Å². The van der Waals surface area contributed by atoms with Gasteiger partial charge in [0.1, 0.15) is 5.75 Å². The lowest BCUT2D eigenvalue weighted by Gasteiger charge is -2.24. The van der Waals surface area contributed by atoms with Crippen molar-refractivity contribution < 1.29 is 14.3 Å². The molecular formula is C17H26N2O3. The zero-order chi connectivity index (χ0) is 16.5. The fourth-order valence-electron chi connectivity index (χ4n) is 2.19. The molecule has 22 heavy (non-hydrogen) atoms. The van der Waals surface area contributed by atoms with E-state index in [2.05, 4.69) is 12.2 Å². The minimum atomic E-state index is -0.0771. The predicted octanol–water partition coefficient (Wildman–Crippen LogP) is 2.66. The monoisotopic (exact) mass is 306 g/mol. The fraction of sp³-hybridized carbons (Fsp3) is 0.529. The molecule has 0 aliphatic rings. The molecule has 5 nitrogen and oxygen atoms in total. The molecule has 1 rings (SSSR count). The van der Waals surface area contributed by atoms with Crippen molar-refractivity contribution in [2.75, 3.05) is 25.1 Å². The lowest BCUT2D eigenvalue weighted by atomic mass is 10.2. The zero-order valence-electron chi connectivity index (χ0n) is 13.9. The molecule has 0 spiro atoms. The van der Waals surface area contributed by atoms with Crippen molar-refractivity contribution in [3.63, 3.8) is 0 Å². The molecule has 0 atom stereocenters. The van der Waals surface area contributed by atoms with Gasteiger partial charge in [0, 0.05) is 26.4 Å². The Bertz CT molecular complexity index is 515. The Morgan fingerprint density at radius 2 is 2.05 bits per heavy atom. The molecule has 1 aromatic rings. The maximum atomic E-state index is 11.9. The van der Waals surface area contributed by atoms with E-state index in [0.717, 1.165) is 24.1 Å². The normalized spacial score (nSPS) is 10.2. The number of carbonyl (C=O) groups excluding carboxylic acids is 2. The average molecular weight is 306 g/mol. The molecule has 5 heteroatoms. The van der Waals surface area contributed by atoms with Crippen molar-refractivity contribution in [3.8, 4) is 5.75 Å². The molecule has 0 saturated heterocycles. The third-order valence-electron chi connectivity index (χ3n) is 3.42.